The van der Waals surface area contributed by atoms with Crippen LogP contribution in [0.15, 0.2) is 12.1 Å². The van der Waals surface area contributed by atoms with Crippen LogP contribution in [0.4, 0.5) is 5.82 Å². The van der Waals surface area contributed by atoms with Gasteiger partial charge in [0.25, 0.3) is 0 Å². The fraction of sp³-hybridized carbons (Fsp3) is 0.643. The summed E-state index contributed by atoms with van der Waals surface area (Å²) in [5.74, 6) is 1.62. The fourth-order valence-electron chi connectivity index (χ4n) is 2.55. The van der Waals surface area contributed by atoms with Crippen molar-refractivity contribution in [2.75, 3.05) is 25.0 Å². The number of aryl methyl sites for hydroxylation is 1. The molecule has 0 radical (unpaired) electrons. The second-order valence-electron chi connectivity index (χ2n) is 5.38. The molecule has 0 amide bonds. The van der Waals surface area contributed by atoms with Crippen LogP contribution in [0.25, 0.3) is 0 Å². The average molecular weight is 268 g/mol. The predicted octanol–water partition coefficient (Wildman–Crippen LogP) is 2.66. The molecule has 2 rings (SSSR count). The lowest BCUT2D eigenvalue weighted by Gasteiger charge is -2.43. The monoisotopic (exact) mass is 267 g/mol. The van der Waals surface area contributed by atoms with Crippen LogP contribution in [0, 0.1) is 6.92 Å². The summed E-state index contributed by atoms with van der Waals surface area (Å²) in [5.41, 5.74) is 2.20. The van der Waals surface area contributed by atoms with Crippen LogP contribution in [0.1, 0.15) is 25.1 Å². The number of likely N-dealkylation sites (N-methyl/N-ethyl adjacent to an activating group) is 1. The van der Waals surface area contributed by atoms with Crippen molar-refractivity contribution in [1.82, 2.24) is 9.88 Å². The van der Waals surface area contributed by atoms with Gasteiger partial charge in [0.1, 0.15) is 5.82 Å². The topological polar surface area (TPSA) is 19.4 Å². The average Bonchev–Trinajstić information content (AvgIpc) is 2.34. The van der Waals surface area contributed by atoms with Gasteiger partial charge in [0, 0.05) is 36.7 Å². The number of alkyl halides is 1. The number of anilines is 1. The minimum absolute atomic E-state index is 0.551. The predicted molar refractivity (Wildman–Crippen MR) is 77.4 cm³/mol. The number of piperazine rings is 1. The van der Waals surface area contributed by atoms with Crippen molar-refractivity contribution in [3.05, 3.63) is 23.4 Å². The quantitative estimate of drug-likeness (QED) is 0.768. The number of rotatable bonds is 2. The van der Waals surface area contributed by atoms with E-state index in [1.54, 1.807) is 0 Å². The molecule has 4 heteroatoms. The SMILES string of the molecule is Cc1cc(CCl)cc(N2CC(C)N(C)C(C)C2)n1. The molecule has 100 valence electrons. The Hall–Kier alpha value is -0.800. The molecule has 1 fully saturated rings. The van der Waals surface area contributed by atoms with E-state index < -0.39 is 0 Å². The number of hydrogen-bond acceptors (Lipinski definition) is 3. The second-order valence-corrected chi connectivity index (χ2v) is 5.64. The summed E-state index contributed by atoms with van der Waals surface area (Å²) in [6.07, 6.45) is 0. The van der Waals surface area contributed by atoms with Crippen molar-refractivity contribution in [2.24, 2.45) is 0 Å². The van der Waals surface area contributed by atoms with Crippen molar-refractivity contribution < 1.29 is 0 Å². The number of pyridine rings is 1. The maximum atomic E-state index is 5.94. The molecule has 3 nitrogen and oxygen atoms in total. The first kappa shape index (κ1) is 13.6. The molecule has 0 spiro atoms. The molecule has 2 heterocycles. The first-order chi connectivity index (χ1) is 8.51. The molecule has 2 atom stereocenters. The van der Waals surface area contributed by atoms with E-state index in [2.05, 4.69) is 47.8 Å². The van der Waals surface area contributed by atoms with E-state index in [1.807, 2.05) is 6.92 Å². The van der Waals surface area contributed by atoms with Crippen molar-refractivity contribution in [3.8, 4) is 0 Å². The van der Waals surface area contributed by atoms with Gasteiger partial charge >= 0.3 is 0 Å². The summed E-state index contributed by atoms with van der Waals surface area (Å²) in [5, 5.41) is 0. The molecule has 1 aromatic rings. The van der Waals surface area contributed by atoms with Crippen LogP contribution in [0.2, 0.25) is 0 Å². The van der Waals surface area contributed by atoms with Crippen molar-refractivity contribution in [2.45, 2.75) is 38.7 Å². The minimum Gasteiger partial charge on any atom is -0.353 e. The van der Waals surface area contributed by atoms with Gasteiger partial charge in [-0.1, -0.05) is 0 Å². The lowest BCUT2D eigenvalue weighted by Crippen LogP contribution is -2.55. The molecule has 0 bridgehead atoms. The molecule has 1 aromatic heterocycles. The molecule has 2 unspecified atom stereocenters. The van der Waals surface area contributed by atoms with Gasteiger partial charge in [-0.25, -0.2) is 4.98 Å². The van der Waals surface area contributed by atoms with E-state index in [0.29, 0.717) is 18.0 Å². The summed E-state index contributed by atoms with van der Waals surface area (Å²) < 4.78 is 0. The Morgan fingerprint density at radius 3 is 2.44 bits per heavy atom. The van der Waals surface area contributed by atoms with Gasteiger partial charge in [0.05, 0.1) is 0 Å². The molecular formula is C14H22ClN3. The molecule has 0 N–H and O–H groups in total. The highest BCUT2D eigenvalue weighted by Gasteiger charge is 2.27. The highest BCUT2D eigenvalue weighted by atomic mass is 35.5. The third kappa shape index (κ3) is 2.78. The highest BCUT2D eigenvalue weighted by molar-refractivity contribution is 6.17. The fourth-order valence-corrected chi connectivity index (χ4v) is 2.71. The van der Waals surface area contributed by atoms with Crippen molar-refractivity contribution in [3.63, 3.8) is 0 Å². The van der Waals surface area contributed by atoms with Crippen LogP contribution in [0.3, 0.4) is 0 Å². The summed E-state index contributed by atoms with van der Waals surface area (Å²) in [4.78, 5) is 9.45. The molecule has 1 aliphatic heterocycles. The molecule has 0 aromatic carbocycles. The van der Waals surface area contributed by atoms with Gasteiger partial charge in [0.2, 0.25) is 0 Å². The van der Waals surface area contributed by atoms with Crippen molar-refractivity contribution >= 4 is 17.4 Å². The maximum absolute atomic E-state index is 5.94. The molecular weight excluding hydrogens is 246 g/mol. The Bertz CT molecular complexity index is 410. The van der Waals surface area contributed by atoms with Gasteiger partial charge in [-0.3, -0.25) is 4.90 Å². The van der Waals surface area contributed by atoms with Crippen molar-refractivity contribution in [1.29, 1.82) is 0 Å². The smallest absolute Gasteiger partial charge is 0.129 e. The number of halogens is 1. The van der Waals surface area contributed by atoms with E-state index in [0.717, 1.165) is 30.2 Å². The first-order valence-corrected chi connectivity index (χ1v) is 7.05. The van der Waals surface area contributed by atoms with E-state index in [9.17, 15) is 0 Å². The molecule has 18 heavy (non-hydrogen) atoms. The Morgan fingerprint density at radius 2 is 1.89 bits per heavy atom. The number of hydrogen-bond donors (Lipinski definition) is 0. The van der Waals surface area contributed by atoms with Gasteiger partial charge in [-0.2, -0.15) is 0 Å². The Morgan fingerprint density at radius 1 is 1.28 bits per heavy atom. The number of nitrogens with zero attached hydrogens (tertiary/aromatic N) is 3. The molecule has 1 aliphatic rings. The van der Waals surface area contributed by atoms with Crippen LogP contribution in [-0.4, -0.2) is 42.1 Å². The van der Waals surface area contributed by atoms with Crippen LogP contribution < -0.4 is 4.90 Å². The van der Waals surface area contributed by atoms with E-state index in [1.165, 1.54) is 0 Å². The lowest BCUT2D eigenvalue weighted by atomic mass is 10.1. The molecule has 0 saturated carbocycles. The lowest BCUT2D eigenvalue weighted by molar-refractivity contribution is 0.169. The maximum Gasteiger partial charge on any atom is 0.129 e. The van der Waals surface area contributed by atoms with E-state index in [-0.39, 0.29) is 0 Å². The van der Waals surface area contributed by atoms with Crippen LogP contribution in [0.5, 0.6) is 0 Å². The second kappa shape index (κ2) is 5.45. The largest absolute Gasteiger partial charge is 0.353 e. The summed E-state index contributed by atoms with van der Waals surface area (Å²) in [6, 6.07) is 5.27. The van der Waals surface area contributed by atoms with E-state index in [4.69, 9.17) is 11.6 Å². The zero-order valence-corrected chi connectivity index (χ0v) is 12.4. The van der Waals surface area contributed by atoms with E-state index >= 15 is 0 Å². The van der Waals surface area contributed by atoms with Gasteiger partial charge in [-0.15, -0.1) is 11.6 Å². The van der Waals surface area contributed by atoms with Crippen LogP contribution in [-0.2, 0) is 5.88 Å². The minimum atomic E-state index is 0.551. The Labute approximate surface area is 115 Å². The normalized spacial score (nSPS) is 25.5. The summed E-state index contributed by atoms with van der Waals surface area (Å²) in [6.45, 7) is 8.61. The van der Waals surface area contributed by atoms with Gasteiger partial charge in [0.15, 0.2) is 0 Å². The Kier molecular flexibility index (Phi) is 4.13. The van der Waals surface area contributed by atoms with Crippen LogP contribution >= 0.6 is 11.6 Å². The highest BCUT2D eigenvalue weighted by Crippen LogP contribution is 2.22. The summed E-state index contributed by atoms with van der Waals surface area (Å²) in [7, 11) is 2.19. The van der Waals surface area contributed by atoms with Gasteiger partial charge < -0.3 is 4.90 Å². The zero-order valence-electron chi connectivity index (χ0n) is 11.7. The summed E-state index contributed by atoms with van der Waals surface area (Å²) >= 11 is 5.94. The molecule has 0 aliphatic carbocycles. The Balaban J connectivity index is 2.23. The molecule has 1 saturated heterocycles. The standard InChI is InChI=1S/C14H22ClN3/c1-10-5-13(7-15)6-14(16-10)18-8-11(2)17(4)12(3)9-18/h5-6,11-12H,7-9H2,1-4H3. The van der Waals surface area contributed by atoms with Gasteiger partial charge in [-0.05, 0) is 45.5 Å². The first-order valence-electron chi connectivity index (χ1n) is 6.51. The zero-order chi connectivity index (χ0) is 13.3. The third-order valence-corrected chi connectivity index (χ3v) is 4.15. The number of aromatic nitrogens is 1. The third-order valence-electron chi connectivity index (χ3n) is 3.84.